The highest BCUT2D eigenvalue weighted by Crippen LogP contribution is 2.20. The lowest BCUT2D eigenvalue weighted by Gasteiger charge is -2.28. The average Bonchev–Trinajstić information content (AvgIpc) is 2.74. The van der Waals surface area contributed by atoms with Gasteiger partial charge >= 0.3 is 12.0 Å². The van der Waals surface area contributed by atoms with E-state index in [9.17, 15) is 9.59 Å². The number of nitrogens with zero attached hydrogens (tertiary/aromatic N) is 2. The summed E-state index contributed by atoms with van der Waals surface area (Å²) < 4.78 is 0. The minimum absolute atomic E-state index is 0.262. The van der Waals surface area contributed by atoms with Crippen molar-refractivity contribution in [2.24, 2.45) is 0 Å². The number of carbonyl (C=O) groups is 2. The molecular formula is C14H17ClN2O3S. The summed E-state index contributed by atoms with van der Waals surface area (Å²) >= 11 is 7.65. The van der Waals surface area contributed by atoms with Crippen molar-refractivity contribution >= 4 is 41.1 Å². The lowest BCUT2D eigenvalue weighted by molar-refractivity contribution is -0.135. The van der Waals surface area contributed by atoms with Gasteiger partial charge in [0.1, 0.15) is 6.54 Å². The second kappa shape index (κ2) is 7.56. The first-order valence-electron chi connectivity index (χ1n) is 6.69. The van der Waals surface area contributed by atoms with Gasteiger partial charge in [0, 0.05) is 29.6 Å². The monoisotopic (exact) mass is 328 g/mol. The van der Waals surface area contributed by atoms with Gasteiger partial charge in [-0.1, -0.05) is 11.6 Å². The quantitative estimate of drug-likeness (QED) is 0.926. The summed E-state index contributed by atoms with van der Waals surface area (Å²) in [5, 5.41) is 9.61. The third-order valence-electron chi connectivity index (χ3n) is 3.16. The van der Waals surface area contributed by atoms with Crippen molar-refractivity contribution in [3.05, 3.63) is 29.3 Å². The maximum Gasteiger partial charge on any atom is 0.325 e. The zero-order valence-electron chi connectivity index (χ0n) is 11.5. The molecule has 114 valence electrons. The van der Waals surface area contributed by atoms with E-state index >= 15 is 0 Å². The van der Waals surface area contributed by atoms with Crippen LogP contribution in [0.2, 0.25) is 5.02 Å². The predicted octanol–water partition coefficient (Wildman–Crippen LogP) is 2.79. The molecule has 1 fully saturated rings. The van der Waals surface area contributed by atoms with Crippen LogP contribution >= 0.6 is 23.4 Å². The molecule has 21 heavy (non-hydrogen) atoms. The largest absolute Gasteiger partial charge is 0.480 e. The van der Waals surface area contributed by atoms with Crippen molar-refractivity contribution in [1.29, 1.82) is 0 Å². The zero-order chi connectivity index (χ0) is 15.2. The summed E-state index contributed by atoms with van der Waals surface area (Å²) in [7, 11) is 0. The van der Waals surface area contributed by atoms with Gasteiger partial charge in [-0.05, 0) is 36.4 Å². The Bertz CT molecular complexity index is 501. The fourth-order valence-electron chi connectivity index (χ4n) is 2.13. The van der Waals surface area contributed by atoms with Crippen LogP contribution in [0.25, 0.3) is 0 Å². The van der Waals surface area contributed by atoms with E-state index in [2.05, 4.69) is 0 Å². The first-order chi connectivity index (χ1) is 10.1. The molecule has 1 N–H and O–H groups in total. The Labute approximate surface area is 132 Å². The molecule has 0 bridgehead atoms. The van der Waals surface area contributed by atoms with Gasteiger partial charge in [-0.15, -0.1) is 0 Å². The van der Waals surface area contributed by atoms with Gasteiger partial charge in [0.2, 0.25) is 0 Å². The first kappa shape index (κ1) is 16.0. The Morgan fingerprint density at radius 3 is 2.62 bits per heavy atom. The van der Waals surface area contributed by atoms with Crippen LogP contribution in [0.5, 0.6) is 0 Å². The number of urea groups is 1. The summed E-state index contributed by atoms with van der Waals surface area (Å²) in [4.78, 5) is 26.7. The minimum Gasteiger partial charge on any atom is -0.480 e. The van der Waals surface area contributed by atoms with Crippen LogP contribution in [0.15, 0.2) is 24.3 Å². The van der Waals surface area contributed by atoms with Gasteiger partial charge < -0.3 is 10.0 Å². The molecule has 0 saturated carbocycles. The maximum absolute atomic E-state index is 12.6. The van der Waals surface area contributed by atoms with Crippen molar-refractivity contribution in [3.63, 3.8) is 0 Å². The van der Waals surface area contributed by atoms with Crippen LogP contribution in [0.1, 0.15) is 6.42 Å². The van der Waals surface area contributed by atoms with Gasteiger partial charge in [-0.25, -0.2) is 4.79 Å². The minimum atomic E-state index is -1.04. The number of benzene rings is 1. The molecule has 1 aromatic carbocycles. The number of carbonyl (C=O) groups excluding carboxylic acids is 1. The molecule has 2 rings (SSSR count). The molecule has 1 aliphatic rings. The fourth-order valence-corrected chi connectivity index (χ4v) is 3.15. The molecule has 1 aliphatic heterocycles. The fraction of sp³-hybridized carbons (Fsp3) is 0.429. The molecule has 1 aromatic rings. The average molecular weight is 329 g/mol. The van der Waals surface area contributed by atoms with Crippen LogP contribution in [-0.4, -0.2) is 53.1 Å². The molecule has 2 amide bonds. The molecule has 5 nitrogen and oxygen atoms in total. The summed E-state index contributed by atoms with van der Waals surface area (Å²) in [5.41, 5.74) is 0.545. The smallest absolute Gasteiger partial charge is 0.325 e. The lowest BCUT2D eigenvalue weighted by atomic mass is 10.3. The number of thioether (sulfide) groups is 1. The third-order valence-corrected chi connectivity index (χ3v) is 4.46. The van der Waals surface area contributed by atoms with Gasteiger partial charge in [0.05, 0.1) is 0 Å². The van der Waals surface area contributed by atoms with E-state index in [1.165, 1.54) is 4.90 Å². The third kappa shape index (κ3) is 4.54. The van der Waals surface area contributed by atoms with Crippen LogP contribution in [0.3, 0.4) is 0 Å². The molecule has 0 aromatic heterocycles. The Balaban J connectivity index is 2.19. The number of rotatable bonds is 3. The molecule has 0 unspecified atom stereocenters. The van der Waals surface area contributed by atoms with Gasteiger partial charge in [0.15, 0.2) is 0 Å². The van der Waals surface area contributed by atoms with Gasteiger partial charge in [-0.3, -0.25) is 9.69 Å². The number of aliphatic carboxylic acids is 1. The van der Waals surface area contributed by atoms with Crippen LogP contribution < -0.4 is 4.90 Å². The predicted molar refractivity (Wildman–Crippen MR) is 85.3 cm³/mol. The molecular weight excluding hydrogens is 312 g/mol. The second-order valence-electron chi connectivity index (χ2n) is 4.69. The topological polar surface area (TPSA) is 60.9 Å². The molecule has 0 atom stereocenters. The first-order valence-corrected chi connectivity index (χ1v) is 8.23. The number of hydrogen-bond donors (Lipinski definition) is 1. The number of carboxylic acids is 1. The highest BCUT2D eigenvalue weighted by Gasteiger charge is 2.25. The Hall–Kier alpha value is -1.40. The zero-order valence-corrected chi connectivity index (χ0v) is 13.1. The number of carboxylic acid groups (broad SMARTS) is 1. The van der Waals surface area contributed by atoms with Crippen molar-refractivity contribution in [2.45, 2.75) is 6.42 Å². The SMILES string of the molecule is O=C(O)CN(C(=O)N1CCCSCC1)c1ccc(Cl)cc1. The van der Waals surface area contributed by atoms with E-state index in [0.29, 0.717) is 23.8 Å². The van der Waals surface area contributed by atoms with E-state index in [0.717, 1.165) is 17.9 Å². The Morgan fingerprint density at radius 1 is 1.24 bits per heavy atom. The second-order valence-corrected chi connectivity index (χ2v) is 6.35. The number of anilines is 1. The van der Waals surface area contributed by atoms with E-state index in [4.69, 9.17) is 16.7 Å². The van der Waals surface area contributed by atoms with Crippen LogP contribution in [0.4, 0.5) is 10.5 Å². The summed E-state index contributed by atoms with van der Waals surface area (Å²) in [6, 6.07) is 6.36. The highest BCUT2D eigenvalue weighted by atomic mass is 35.5. The molecule has 0 radical (unpaired) electrons. The summed E-state index contributed by atoms with van der Waals surface area (Å²) in [6.07, 6.45) is 0.929. The normalized spacial score (nSPS) is 15.4. The number of halogens is 1. The van der Waals surface area contributed by atoms with Crippen LogP contribution in [0, 0.1) is 0 Å². The van der Waals surface area contributed by atoms with Gasteiger partial charge in [-0.2, -0.15) is 11.8 Å². The van der Waals surface area contributed by atoms with Crippen molar-refractivity contribution in [1.82, 2.24) is 4.90 Å². The molecule has 0 spiro atoms. The van der Waals surface area contributed by atoms with Crippen molar-refractivity contribution < 1.29 is 14.7 Å². The van der Waals surface area contributed by atoms with E-state index in [-0.39, 0.29) is 12.6 Å². The van der Waals surface area contributed by atoms with E-state index in [1.54, 1.807) is 29.2 Å². The summed E-state index contributed by atoms with van der Waals surface area (Å²) in [5.74, 6) is 0.874. The maximum atomic E-state index is 12.6. The molecule has 0 aliphatic carbocycles. The number of amides is 2. The summed E-state index contributed by atoms with van der Waals surface area (Å²) in [6.45, 7) is 0.951. The molecule has 7 heteroatoms. The Morgan fingerprint density at radius 2 is 1.95 bits per heavy atom. The highest BCUT2D eigenvalue weighted by molar-refractivity contribution is 7.99. The standard InChI is InChI=1S/C14H17ClN2O3S/c15-11-2-4-12(5-3-11)17(10-13(18)19)14(20)16-6-1-8-21-9-7-16/h2-5H,1,6-10H2,(H,18,19). The molecule has 1 saturated heterocycles. The van der Waals surface area contributed by atoms with Crippen LogP contribution in [-0.2, 0) is 4.79 Å². The van der Waals surface area contributed by atoms with Crippen molar-refractivity contribution in [3.8, 4) is 0 Å². The lowest BCUT2D eigenvalue weighted by Crippen LogP contribution is -2.46. The Kier molecular flexibility index (Phi) is 5.76. The van der Waals surface area contributed by atoms with E-state index < -0.39 is 5.97 Å². The number of hydrogen-bond acceptors (Lipinski definition) is 3. The van der Waals surface area contributed by atoms with E-state index in [1.807, 2.05) is 11.8 Å². The van der Waals surface area contributed by atoms with Gasteiger partial charge in [0.25, 0.3) is 0 Å². The van der Waals surface area contributed by atoms with Crippen molar-refractivity contribution in [2.75, 3.05) is 36.0 Å². The molecule has 1 heterocycles.